The Hall–Kier alpha value is -1.06. The third-order valence-corrected chi connectivity index (χ3v) is 4.31. The van der Waals surface area contributed by atoms with Crippen molar-refractivity contribution in [2.45, 2.75) is 32.1 Å². The second-order valence-electron chi connectivity index (χ2n) is 4.94. The van der Waals surface area contributed by atoms with E-state index in [1.807, 2.05) is 24.2 Å². The fourth-order valence-corrected chi connectivity index (χ4v) is 3.09. The summed E-state index contributed by atoms with van der Waals surface area (Å²) in [4.78, 5) is 4.39. The Bertz CT molecular complexity index is 520. The summed E-state index contributed by atoms with van der Waals surface area (Å²) in [5.41, 5.74) is 1.31. The molecule has 19 heavy (non-hydrogen) atoms. The van der Waals surface area contributed by atoms with E-state index in [2.05, 4.69) is 55.3 Å². The van der Waals surface area contributed by atoms with Crippen molar-refractivity contribution in [3.8, 4) is 0 Å². The van der Waals surface area contributed by atoms with Crippen molar-refractivity contribution in [2.75, 3.05) is 12.3 Å². The zero-order valence-electron chi connectivity index (χ0n) is 11.9. The van der Waals surface area contributed by atoms with Crippen LogP contribution >= 0.6 is 11.8 Å². The van der Waals surface area contributed by atoms with Crippen LogP contribution in [0.15, 0.2) is 36.7 Å². The van der Waals surface area contributed by atoms with Crippen LogP contribution in [0.2, 0.25) is 0 Å². The summed E-state index contributed by atoms with van der Waals surface area (Å²) in [5.74, 6) is 1.08. The second kappa shape index (κ2) is 6.92. The smallest absolute Gasteiger partial charge is 0.0433 e. The molecule has 0 saturated heterocycles. The van der Waals surface area contributed by atoms with Gasteiger partial charge in [-0.3, -0.25) is 4.98 Å². The molecule has 1 heterocycles. The highest BCUT2D eigenvalue weighted by atomic mass is 32.2. The molecule has 3 heteroatoms. The maximum Gasteiger partial charge on any atom is 0.0433 e. The highest BCUT2D eigenvalue weighted by molar-refractivity contribution is 7.99. The van der Waals surface area contributed by atoms with E-state index < -0.39 is 0 Å². The molecule has 1 aromatic carbocycles. The molecule has 1 N–H and O–H groups in total. The average molecular weight is 274 g/mol. The van der Waals surface area contributed by atoms with Crippen LogP contribution in [0.25, 0.3) is 10.8 Å². The van der Waals surface area contributed by atoms with Gasteiger partial charge in [-0.05, 0) is 22.7 Å². The fourth-order valence-electron chi connectivity index (χ4n) is 2.21. The molecule has 0 aliphatic heterocycles. The van der Waals surface area contributed by atoms with Crippen LogP contribution in [0.5, 0.6) is 0 Å². The standard InChI is InChI=1S/C16H22N2S/c1-4-18-16(11-19-12(2)3)15-10-17-9-13-7-5-6-8-14(13)15/h5-10,12,16,18H,4,11H2,1-3H3. The van der Waals surface area contributed by atoms with E-state index in [9.17, 15) is 0 Å². The lowest BCUT2D eigenvalue weighted by Gasteiger charge is -2.20. The first-order valence-electron chi connectivity index (χ1n) is 6.90. The molecule has 102 valence electrons. The molecule has 0 spiro atoms. The van der Waals surface area contributed by atoms with Crippen molar-refractivity contribution in [2.24, 2.45) is 0 Å². The second-order valence-corrected chi connectivity index (χ2v) is 6.55. The summed E-state index contributed by atoms with van der Waals surface area (Å²) in [5, 5.41) is 6.77. The normalized spacial score (nSPS) is 13.1. The first-order chi connectivity index (χ1) is 9.22. The maximum absolute atomic E-state index is 4.39. The van der Waals surface area contributed by atoms with Gasteiger partial charge in [0.05, 0.1) is 0 Å². The van der Waals surface area contributed by atoms with Crippen LogP contribution in [0.3, 0.4) is 0 Å². The molecule has 0 aliphatic rings. The molecule has 0 amide bonds. The predicted molar refractivity (Wildman–Crippen MR) is 85.8 cm³/mol. The zero-order valence-corrected chi connectivity index (χ0v) is 12.7. The monoisotopic (exact) mass is 274 g/mol. The van der Waals surface area contributed by atoms with Crippen molar-refractivity contribution >= 4 is 22.5 Å². The van der Waals surface area contributed by atoms with Crippen LogP contribution in [0, 0.1) is 0 Å². The Balaban J connectivity index is 2.32. The number of hydrogen-bond donors (Lipinski definition) is 1. The van der Waals surface area contributed by atoms with E-state index in [0.717, 1.165) is 12.3 Å². The Morgan fingerprint density at radius 1 is 1.21 bits per heavy atom. The molecule has 1 atom stereocenters. The van der Waals surface area contributed by atoms with Crippen LogP contribution in [-0.2, 0) is 0 Å². The number of nitrogens with one attached hydrogen (secondary N) is 1. The highest BCUT2D eigenvalue weighted by Gasteiger charge is 2.14. The molecule has 2 rings (SSSR count). The van der Waals surface area contributed by atoms with Gasteiger partial charge in [-0.15, -0.1) is 0 Å². The van der Waals surface area contributed by atoms with E-state index in [-0.39, 0.29) is 0 Å². The molecule has 0 bridgehead atoms. The lowest BCUT2D eigenvalue weighted by Crippen LogP contribution is -2.24. The number of hydrogen-bond acceptors (Lipinski definition) is 3. The first kappa shape index (κ1) is 14.4. The molecule has 1 unspecified atom stereocenters. The Morgan fingerprint density at radius 2 is 2.00 bits per heavy atom. The van der Waals surface area contributed by atoms with Gasteiger partial charge >= 0.3 is 0 Å². The van der Waals surface area contributed by atoms with Gasteiger partial charge in [-0.1, -0.05) is 45.0 Å². The molecular weight excluding hydrogens is 252 g/mol. The molecule has 0 fully saturated rings. The van der Waals surface area contributed by atoms with E-state index in [4.69, 9.17) is 0 Å². The van der Waals surface area contributed by atoms with Gasteiger partial charge in [0.25, 0.3) is 0 Å². The minimum atomic E-state index is 0.371. The van der Waals surface area contributed by atoms with Gasteiger partial charge in [0.15, 0.2) is 0 Å². The zero-order chi connectivity index (χ0) is 13.7. The van der Waals surface area contributed by atoms with Crippen LogP contribution in [0.1, 0.15) is 32.4 Å². The van der Waals surface area contributed by atoms with Crippen molar-refractivity contribution < 1.29 is 0 Å². The number of fused-ring (bicyclic) bond motifs is 1. The van der Waals surface area contributed by atoms with E-state index in [1.54, 1.807) is 0 Å². The average Bonchev–Trinajstić information content (AvgIpc) is 2.43. The van der Waals surface area contributed by atoms with Crippen LogP contribution in [-0.4, -0.2) is 22.5 Å². The SMILES string of the molecule is CCNC(CSC(C)C)c1cncc2ccccc12. The lowest BCUT2D eigenvalue weighted by atomic mass is 10.0. The number of benzene rings is 1. The third kappa shape index (κ3) is 3.71. The molecule has 0 aliphatic carbocycles. The summed E-state index contributed by atoms with van der Waals surface area (Å²) in [6.07, 6.45) is 3.95. The van der Waals surface area contributed by atoms with Gasteiger partial charge in [0, 0.05) is 29.6 Å². The Labute approximate surface area is 120 Å². The summed E-state index contributed by atoms with van der Waals surface area (Å²) >= 11 is 1.99. The lowest BCUT2D eigenvalue weighted by molar-refractivity contribution is 0.607. The van der Waals surface area contributed by atoms with E-state index >= 15 is 0 Å². The number of aromatic nitrogens is 1. The molecule has 0 saturated carbocycles. The van der Waals surface area contributed by atoms with Crippen molar-refractivity contribution in [1.82, 2.24) is 10.3 Å². The largest absolute Gasteiger partial charge is 0.309 e. The topological polar surface area (TPSA) is 24.9 Å². The van der Waals surface area contributed by atoms with E-state index in [1.165, 1.54) is 16.3 Å². The quantitative estimate of drug-likeness (QED) is 0.861. The van der Waals surface area contributed by atoms with Crippen molar-refractivity contribution in [3.05, 3.63) is 42.2 Å². The van der Waals surface area contributed by atoms with Crippen molar-refractivity contribution in [1.29, 1.82) is 0 Å². The van der Waals surface area contributed by atoms with Crippen LogP contribution < -0.4 is 5.32 Å². The molecule has 2 aromatic rings. The molecule has 0 radical (unpaired) electrons. The summed E-state index contributed by atoms with van der Waals surface area (Å²) in [6, 6.07) is 8.86. The van der Waals surface area contributed by atoms with Gasteiger partial charge in [-0.25, -0.2) is 0 Å². The number of thioether (sulfide) groups is 1. The predicted octanol–water partition coefficient (Wildman–Crippen LogP) is 4.03. The third-order valence-electron chi connectivity index (χ3n) is 3.12. The first-order valence-corrected chi connectivity index (χ1v) is 7.95. The van der Waals surface area contributed by atoms with Gasteiger partial charge in [0.2, 0.25) is 0 Å². The van der Waals surface area contributed by atoms with Gasteiger partial charge in [0.1, 0.15) is 0 Å². The van der Waals surface area contributed by atoms with Gasteiger partial charge < -0.3 is 5.32 Å². The summed E-state index contributed by atoms with van der Waals surface area (Å²) in [6.45, 7) is 7.63. The van der Waals surface area contributed by atoms with Crippen LogP contribution in [0.4, 0.5) is 0 Å². The summed E-state index contributed by atoms with van der Waals surface area (Å²) in [7, 11) is 0. The molecular formula is C16H22N2S. The Kier molecular flexibility index (Phi) is 5.23. The minimum absolute atomic E-state index is 0.371. The van der Waals surface area contributed by atoms with E-state index in [0.29, 0.717) is 11.3 Å². The number of nitrogens with zero attached hydrogens (tertiary/aromatic N) is 1. The fraction of sp³-hybridized carbons (Fsp3) is 0.438. The number of pyridine rings is 1. The Morgan fingerprint density at radius 3 is 2.74 bits per heavy atom. The van der Waals surface area contributed by atoms with Crippen molar-refractivity contribution in [3.63, 3.8) is 0 Å². The highest BCUT2D eigenvalue weighted by Crippen LogP contribution is 2.26. The molecule has 1 aromatic heterocycles. The van der Waals surface area contributed by atoms with Gasteiger partial charge in [-0.2, -0.15) is 11.8 Å². The number of rotatable bonds is 6. The molecule has 2 nitrogen and oxygen atoms in total. The summed E-state index contributed by atoms with van der Waals surface area (Å²) < 4.78 is 0. The maximum atomic E-state index is 4.39. The minimum Gasteiger partial charge on any atom is -0.309 e.